The van der Waals surface area contributed by atoms with Crippen LogP contribution < -0.4 is 0 Å². The zero-order chi connectivity index (χ0) is 22.1. The van der Waals surface area contributed by atoms with Crippen LogP contribution in [0.25, 0.3) is 16.4 Å². The highest BCUT2D eigenvalue weighted by Crippen LogP contribution is 2.22. The summed E-state index contributed by atoms with van der Waals surface area (Å²) in [6.45, 7) is 5.04. The smallest absolute Gasteiger partial charge is 0.257 e. The van der Waals surface area contributed by atoms with E-state index in [9.17, 15) is 9.18 Å². The van der Waals surface area contributed by atoms with Gasteiger partial charge in [0.2, 0.25) is 11.7 Å². The Morgan fingerprint density at radius 1 is 1.16 bits per heavy atom. The summed E-state index contributed by atoms with van der Waals surface area (Å²) >= 11 is 1.57. The number of nitrogens with zero attached hydrogens (tertiary/aromatic N) is 6. The molecule has 4 heterocycles. The van der Waals surface area contributed by atoms with E-state index < -0.39 is 0 Å². The molecule has 1 amide bonds. The highest BCUT2D eigenvalue weighted by atomic mass is 32.1. The van der Waals surface area contributed by atoms with Gasteiger partial charge in [-0.25, -0.2) is 9.07 Å². The van der Waals surface area contributed by atoms with Crippen molar-refractivity contribution < 1.29 is 13.7 Å². The molecule has 4 aromatic rings. The number of hydrogen-bond donors (Lipinski definition) is 0. The molecule has 8 nitrogen and oxygen atoms in total. The summed E-state index contributed by atoms with van der Waals surface area (Å²) < 4.78 is 20.3. The summed E-state index contributed by atoms with van der Waals surface area (Å²) in [5.41, 5.74) is 2.01. The van der Waals surface area contributed by atoms with E-state index in [0.29, 0.717) is 55.7 Å². The van der Waals surface area contributed by atoms with Crippen molar-refractivity contribution in [3.8, 4) is 16.4 Å². The van der Waals surface area contributed by atoms with Gasteiger partial charge in [-0.1, -0.05) is 11.2 Å². The minimum absolute atomic E-state index is 0.0479. The van der Waals surface area contributed by atoms with Crippen molar-refractivity contribution >= 4 is 17.2 Å². The molecule has 1 aliphatic heterocycles. The summed E-state index contributed by atoms with van der Waals surface area (Å²) in [5, 5.41) is 10.4. The Morgan fingerprint density at radius 3 is 2.66 bits per heavy atom. The van der Waals surface area contributed by atoms with E-state index in [4.69, 9.17) is 4.52 Å². The lowest BCUT2D eigenvalue weighted by molar-refractivity contribution is 0.0614. The first-order valence-corrected chi connectivity index (χ1v) is 11.1. The van der Waals surface area contributed by atoms with Crippen molar-refractivity contribution in [2.45, 2.75) is 13.5 Å². The van der Waals surface area contributed by atoms with Gasteiger partial charge in [0, 0.05) is 26.2 Å². The molecule has 32 heavy (non-hydrogen) atoms. The molecule has 1 saturated heterocycles. The first-order chi connectivity index (χ1) is 15.6. The first kappa shape index (κ1) is 20.5. The summed E-state index contributed by atoms with van der Waals surface area (Å²) in [6, 6.07) is 9.96. The maximum Gasteiger partial charge on any atom is 0.257 e. The molecule has 0 N–H and O–H groups in total. The fourth-order valence-corrected chi connectivity index (χ4v) is 4.41. The molecule has 0 radical (unpaired) electrons. The third-order valence-corrected chi connectivity index (χ3v) is 6.41. The average Bonchev–Trinajstić information content (AvgIpc) is 3.56. The Morgan fingerprint density at radius 2 is 1.94 bits per heavy atom. The van der Waals surface area contributed by atoms with Crippen molar-refractivity contribution in [1.29, 1.82) is 0 Å². The fraction of sp³-hybridized carbons (Fsp3) is 0.273. The number of amides is 1. The number of aromatic nitrogens is 4. The maximum absolute atomic E-state index is 13.2. The Balaban J connectivity index is 1.20. The molecule has 0 bridgehead atoms. The number of hydrogen-bond acceptors (Lipinski definition) is 7. The van der Waals surface area contributed by atoms with Crippen LogP contribution in [0.1, 0.15) is 21.9 Å². The molecule has 0 saturated carbocycles. The lowest BCUT2D eigenvalue weighted by atomic mass is 10.2. The van der Waals surface area contributed by atoms with E-state index >= 15 is 0 Å². The normalized spacial score (nSPS) is 14.8. The quantitative estimate of drug-likeness (QED) is 0.462. The predicted octanol–water partition coefficient (Wildman–Crippen LogP) is 3.39. The van der Waals surface area contributed by atoms with Crippen molar-refractivity contribution in [3.05, 3.63) is 70.9 Å². The summed E-state index contributed by atoms with van der Waals surface area (Å²) in [4.78, 5) is 22.6. The van der Waals surface area contributed by atoms with Crippen LogP contribution >= 0.6 is 11.3 Å². The maximum atomic E-state index is 13.2. The van der Waals surface area contributed by atoms with Gasteiger partial charge in [-0.15, -0.1) is 11.3 Å². The highest BCUT2D eigenvalue weighted by molar-refractivity contribution is 7.13. The van der Waals surface area contributed by atoms with Gasteiger partial charge in [-0.2, -0.15) is 10.1 Å². The molecular weight excluding hydrogens is 431 g/mol. The Kier molecular flexibility index (Phi) is 5.54. The van der Waals surface area contributed by atoms with E-state index in [0.717, 1.165) is 10.6 Å². The van der Waals surface area contributed by atoms with Crippen LogP contribution in [-0.4, -0.2) is 61.8 Å². The molecule has 1 aromatic carbocycles. The SMILES string of the molecule is Cc1c(C(=O)N2CCN(Cc3nc(-c4cccs4)no3)CC2)cnn1-c1ccc(F)cc1. The van der Waals surface area contributed by atoms with Crippen molar-refractivity contribution in [3.63, 3.8) is 0 Å². The molecule has 1 aliphatic rings. The zero-order valence-electron chi connectivity index (χ0n) is 17.4. The van der Waals surface area contributed by atoms with Gasteiger partial charge < -0.3 is 9.42 Å². The summed E-state index contributed by atoms with van der Waals surface area (Å²) in [6.07, 6.45) is 1.58. The second-order valence-corrected chi connectivity index (χ2v) is 8.54. The molecule has 5 rings (SSSR count). The van der Waals surface area contributed by atoms with E-state index in [1.807, 2.05) is 29.3 Å². The van der Waals surface area contributed by atoms with Crippen molar-refractivity contribution in [2.75, 3.05) is 26.2 Å². The highest BCUT2D eigenvalue weighted by Gasteiger charge is 2.26. The topological polar surface area (TPSA) is 80.3 Å². The molecule has 0 spiro atoms. The minimum Gasteiger partial charge on any atom is -0.338 e. The average molecular weight is 453 g/mol. The number of piperazine rings is 1. The Hall–Kier alpha value is -3.37. The number of benzene rings is 1. The lowest BCUT2D eigenvalue weighted by Crippen LogP contribution is -2.48. The van der Waals surface area contributed by atoms with Gasteiger partial charge in [-0.05, 0) is 42.6 Å². The Bertz CT molecular complexity index is 1210. The minimum atomic E-state index is -0.309. The van der Waals surface area contributed by atoms with Crippen LogP contribution in [0.5, 0.6) is 0 Å². The molecule has 0 atom stereocenters. The van der Waals surface area contributed by atoms with E-state index in [1.54, 1.807) is 34.3 Å². The van der Waals surface area contributed by atoms with Crippen LogP contribution in [0.4, 0.5) is 4.39 Å². The number of rotatable bonds is 5. The van der Waals surface area contributed by atoms with Gasteiger partial charge in [0.15, 0.2) is 0 Å². The van der Waals surface area contributed by atoms with Gasteiger partial charge in [0.25, 0.3) is 5.91 Å². The van der Waals surface area contributed by atoms with Crippen LogP contribution in [-0.2, 0) is 6.54 Å². The van der Waals surface area contributed by atoms with Crippen molar-refractivity contribution in [1.82, 2.24) is 29.7 Å². The van der Waals surface area contributed by atoms with E-state index in [2.05, 4.69) is 20.1 Å². The third-order valence-electron chi connectivity index (χ3n) is 5.54. The van der Waals surface area contributed by atoms with Gasteiger partial charge in [0.05, 0.1) is 34.6 Å². The second-order valence-electron chi connectivity index (χ2n) is 7.59. The predicted molar refractivity (Wildman–Crippen MR) is 117 cm³/mol. The largest absolute Gasteiger partial charge is 0.338 e. The van der Waals surface area contributed by atoms with Crippen LogP contribution in [0.3, 0.4) is 0 Å². The van der Waals surface area contributed by atoms with Gasteiger partial charge in [-0.3, -0.25) is 9.69 Å². The number of halogens is 1. The van der Waals surface area contributed by atoms with Crippen LogP contribution in [0.15, 0.2) is 52.5 Å². The van der Waals surface area contributed by atoms with Crippen LogP contribution in [0, 0.1) is 12.7 Å². The molecule has 0 unspecified atom stereocenters. The second kappa shape index (κ2) is 8.64. The zero-order valence-corrected chi connectivity index (χ0v) is 18.3. The van der Waals surface area contributed by atoms with E-state index in [1.165, 1.54) is 12.1 Å². The molecule has 0 aliphatic carbocycles. The molecule has 3 aromatic heterocycles. The molecule has 10 heteroatoms. The molecule has 1 fully saturated rings. The third kappa shape index (κ3) is 4.06. The Labute approximate surface area is 187 Å². The standard InChI is InChI=1S/C22H21FN6O2S/c1-15-18(13-24-29(15)17-6-4-16(23)5-7-17)22(30)28-10-8-27(9-11-28)14-20-25-21(26-31-20)19-3-2-12-32-19/h2-7,12-13H,8-11,14H2,1H3. The molecule has 164 valence electrons. The number of carbonyl (C=O) groups is 1. The first-order valence-electron chi connectivity index (χ1n) is 10.3. The number of carbonyl (C=O) groups excluding carboxylic acids is 1. The van der Waals surface area contributed by atoms with Gasteiger partial charge >= 0.3 is 0 Å². The summed E-state index contributed by atoms with van der Waals surface area (Å²) in [5.74, 6) is 0.825. The van der Waals surface area contributed by atoms with Gasteiger partial charge in [0.1, 0.15) is 5.82 Å². The lowest BCUT2D eigenvalue weighted by Gasteiger charge is -2.33. The van der Waals surface area contributed by atoms with E-state index in [-0.39, 0.29) is 11.7 Å². The number of thiophene rings is 1. The molecular formula is C22H21FN6O2S. The van der Waals surface area contributed by atoms with Crippen molar-refractivity contribution in [2.24, 2.45) is 0 Å². The summed E-state index contributed by atoms with van der Waals surface area (Å²) in [7, 11) is 0. The monoisotopic (exact) mass is 452 g/mol. The van der Waals surface area contributed by atoms with Crippen LogP contribution in [0.2, 0.25) is 0 Å². The fourth-order valence-electron chi connectivity index (χ4n) is 3.76.